The third-order valence-electron chi connectivity index (χ3n) is 5.46. The van der Waals surface area contributed by atoms with E-state index in [4.69, 9.17) is 4.74 Å². The molecule has 0 radical (unpaired) electrons. The highest BCUT2D eigenvalue weighted by atomic mass is 16.5. The number of piperazine rings is 2. The maximum Gasteiger partial charge on any atom is 0.317 e. The number of amides is 3. The zero-order valence-corrected chi connectivity index (χ0v) is 16.5. The highest BCUT2D eigenvalue weighted by Gasteiger charge is 2.44. The van der Waals surface area contributed by atoms with Gasteiger partial charge < -0.3 is 19.9 Å². The summed E-state index contributed by atoms with van der Waals surface area (Å²) in [6.45, 7) is 8.44. The van der Waals surface area contributed by atoms with Crippen LogP contribution >= 0.6 is 0 Å². The first-order chi connectivity index (χ1) is 12.9. The number of nitrogens with zero attached hydrogens (tertiary/aromatic N) is 3. The van der Waals surface area contributed by atoms with Gasteiger partial charge in [-0.3, -0.25) is 9.69 Å². The van der Waals surface area contributed by atoms with E-state index in [0.29, 0.717) is 32.7 Å². The van der Waals surface area contributed by atoms with Gasteiger partial charge in [0.05, 0.1) is 0 Å². The van der Waals surface area contributed by atoms with Crippen LogP contribution < -0.4 is 5.32 Å². The van der Waals surface area contributed by atoms with Crippen molar-refractivity contribution < 1.29 is 14.3 Å². The predicted octanol–water partition coefficient (Wildman–Crippen LogP) is 1.15. The number of hydrogen-bond acceptors (Lipinski definition) is 4. The minimum Gasteiger partial charge on any atom is -0.375 e. The van der Waals surface area contributed by atoms with Gasteiger partial charge in [0.2, 0.25) is 5.91 Å². The first kappa shape index (κ1) is 19.6. The van der Waals surface area contributed by atoms with Crippen LogP contribution in [0.3, 0.4) is 0 Å². The number of rotatable bonds is 4. The Hall–Kier alpha value is -2.12. The van der Waals surface area contributed by atoms with E-state index in [0.717, 1.165) is 12.1 Å². The Balaban J connectivity index is 1.62. The predicted molar refractivity (Wildman–Crippen MR) is 103 cm³/mol. The number of methoxy groups -OCH3 is 1. The number of nitrogens with one attached hydrogen (secondary N) is 1. The quantitative estimate of drug-likeness (QED) is 0.859. The number of hydrogen-bond donors (Lipinski definition) is 1. The van der Waals surface area contributed by atoms with Crippen molar-refractivity contribution in [3.8, 4) is 0 Å². The van der Waals surface area contributed by atoms with Crippen LogP contribution in [0.4, 0.5) is 4.79 Å². The number of benzene rings is 1. The van der Waals surface area contributed by atoms with Crippen molar-refractivity contribution in [1.29, 1.82) is 0 Å². The summed E-state index contributed by atoms with van der Waals surface area (Å²) in [6, 6.07) is 10.0. The molecule has 1 aromatic carbocycles. The monoisotopic (exact) mass is 374 g/mol. The van der Waals surface area contributed by atoms with Crippen LogP contribution in [-0.2, 0) is 16.1 Å². The summed E-state index contributed by atoms with van der Waals surface area (Å²) < 4.78 is 4.99. The molecule has 0 spiro atoms. The molecule has 0 unspecified atom stereocenters. The molecule has 3 amide bonds. The zero-order valence-electron chi connectivity index (χ0n) is 16.5. The summed E-state index contributed by atoms with van der Waals surface area (Å²) in [7, 11) is 1.54. The van der Waals surface area contributed by atoms with Crippen molar-refractivity contribution in [2.75, 3.05) is 46.4 Å². The molecular formula is C20H30N4O3. The number of fused-ring (bicyclic) bond motifs is 1. The minimum absolute atomic E-state index is 0.0145. The molecule has 3 rings (SSSR count). The molecule has 1 aromatic rings. The molecule has 0 bridgehead atoms. The molecule has 2 aliphatic rings. The van der Waals surface area contributed by atoms with Gasteiger partial charge in [0.25, 0.3) is 0 Å². The Morgan fingerprint density at radius 2 is 1.85 bits per heavy atom. The highest BCUT2D eigenvalue weighted by molar-refractivity contribution is 5.77. The Morgan fingerprint density at radius 1 is 1.15 bits per heavy atom. The van der Waals surface area contributed by atoms with E-state index in [2.05, 4.69) is 24.1 Å². The van der Waals surface area contributed by atoms with Crippen molar-refractivity contribution in [2.24, 2.45) is 0 Å². The molecular weight excluding hydrogens is 344 g/mol. The van der Waals surface area contributed by atoms with Crippen LogP contribution in [0.1, 0.15) is 19.4 Å². The van der Waals surface area contributed by atoms with Gasteiger partial charge in [-0.15, -0.1) is 0 Å². The second-order valence-electron chi connectivity index (χ2n) is 7.96. The van der Waals surface area contributed by atoms with Crippen molar-refractivity contribution in [2.45, 2.75) is 32.0 Å². The third kappa shape index (κ3) is 4.59. The molecule has 2 fully saturated rings. The lowest BCUT2D eigenvalue weighted by molar-refractivity contribution is -0.141. The average molecular weight is 374 g/mol. The number of urea groups is 1. The molecule has 7 heteroatoms. The van der Waals surface area contributed by atoms with Crippen molar-refractivity contribution >= 4 is 11.9 Å². The topological polar surface area (TPSA) is 65.1 Å². The van der Waals surface area contributed by atoms with Crippen molar-refractivity contribution in [3.05, 3.63) is 35.9 Å². The number of ether oxygens (including phenoxy) is 1. The van der Waals surface area contributed by atoms with Crippen LogP contribution in [0.25, 0.3) is 0 Å². The summed E-state index contributed by atoms with van der Waals surface area (Å²) in [6.07, 6.45) is 0. The van der Waals surface area contributed by atoms with E-state index in [-0.39, 0.29) is 30.1 Å². The Bertz CT molecular complexity index is 664. The van der Waals surface area contributed by atoms with Gasteiger partial charge in [-0.2, -0.15) is 0 Å². The zero-order chi connectivity index (χ0) is 19.4. The third-order valence-corrected chi connectivity index (χ3v) is 5.46. The molecule has 2 aliphatic heterocycles. The first-order valence-electron chi connectivity index (χ1n) is 9.51. The van der Waals surface area contributed by atoms with Crippen LogP contribution in [-0.4, -0.2) is 84.7 Å². The highest BCUT2D eigenvalue weighted by Crippen LogP contribution is 2.28. The van der Waals surface area contributed by atoms with E-state index in [1.54, 1.807) is 0 Å². The van der Waals surface area contributed by atoms with Gasteiger partial charge in [0.1, 0.15) is 6.61 Å². The van der Waals surface area contributed by atoms with Crippen molar-refractivity contribution in [1.82, 2.24) is 20.0 Å². The van der Waals surface area contributed by atoms with E-state index in [1.165, 1.54) is 7.11 Å². The van der Waals surface area contributed by atoms with Crippen LogP contribution in [0.2, 0.25) is 0 Å². The largest absolute Gasteiger partial charge is 0.375 e. The lowest BCUT2D eigenvalue weighted by atomic mass is 9.93. The lowest BCUT2D eigenvalue weighted by Gasteiger charge is -2.55. The smallest absolute Gasteiger partial charge is 0.317 e. The van der Waals surface area contributed by atoms with Gasteiger partial charge in [-0.25, -0.2) is 4.79 Å². The summed E-state index contributed by atoms with van der Waals surface area (Å²) in [4.78, 5) is 31.1. The van der Waals surface area contributed by atoms with Crippen LogP contribution in [0, 0.1) is 0 Å². The molecule has 1 atom stereocenters. The molecule has 148 valence electrons. The molecule has 0 aliphatic carbocycles. The van der Waals surface area contributed by atoms with Gasteiger partial charge in [-0.05, 0) is 19.4 Å². The molecule has 0 saturated carbocycles. The van der Waals surface area contributed by atoms with E-state index in [1.807, 2.05) is 40.1 Å². The van der Waals surface area contributed by atoms with Gasteiger partial charge in [0, 0.05) is 58.0 Å². The van der Waals surface area contributed by atoms with Gasteiger partial charge in [-0.1, -0.05) is 30.3 Å². The molecule has 2 heterocycles. The molecule has 0 aromatic heterocycles. The second kappa shape index (κ2) is 8.27. The SMILES string of the molecule is COCC(=O)N1CCN2[C@@H](C1)CN(C(=O)NCc1ccccc1)CC2(C)C. The summed E-state index contributed by atoms with van der Waals surface area (Å²) in [5, 5.41) is 3.02. The van der Waals surface area contributed by atoms with Gasteiger partial charge in [0.15, 0.2) is 0 Å². The maximum absolute atomic E-state index is 12.7. The van der Waals surface area contributed by atoms with Crippen LogP contribution in [0.15, 0.2) is 30.3 Å². The molecule has 27 heavy (non-hydrogen) atoms. The summed E-state index contributed by atoms with van der Waals surface area (Å²) >= 11 is 0. The molecule has 2 saturated heterocycles. The standard InChI is InChI=1S/C20H30N4O3/c1-20(2)15-23(19(26)21-11-16-7-5-4-6-8-16)13-17-12-22(9-10-24(17)20)18(25)14-27-3/h4-8,17H,9-15H2,1-3H3,(H,21,26)/t17-/m0/s1. The van der Waals surface area contributed by atoms with Crippen molar-refractivity contribution in [3.63, 3.8) is 0 Å². The van der Waals surface area contributed by atoms with E-state index >= 15 is 0 Å². The molecule has 7 nitrogen and oxygen atoms in total. The minimum atomic E-state index is -0.122. The van der Waals surface area contributed by atoms with Crippen LogP contribution in [0.5, 0.6) is 0 Å². The Labute approximate surface area is 161 Å². The first-order valence-corrected chi connectivity index (χ1v) is 9.51. The number of carbonyl (C=O) groups is 2. The Morgan fingerprint density at radius 3 is 2.56 bits per heavy atom. The average Bonchev–Trinajstić information content (AvgIpc) is 2.66. The lowest BCUT2D eigenvalue weighted by Crippen LogP contribution is -2.71. The van der Waals surface area contributed by atoms with E-state index in [9.17, 15) is 9.59 Å². The fraction of sp³-hybridized carbons (Fsp3) is 0.600. The van der Waals surface area contributed by atoms with E-state index < -0.39 is 0 Å². The second-order valence-corrected chi connectivity index (χ2v) is 7.96. The fourth-order valence-electron chi connectivity index (χ4n) is 4.17. The maximum atomic E-state index is 12.7. The molecule has 1 N–H and O–H groups in total. The Kier molecular flexibility index (Phi) is 6.01. The normalized spacial score (nSPS) is 22.3. The fourth-order valence-corrected chi connectivity index (χ4v) is 4.17. The van der Waals surface area contributed by atoms with Gasteiger partial charge >= 0.3 is 6.03 Å². The summed E-state index contributed by atoms with van der Waals surface area (Å²) in [5.41, 5.74) is 0.960. The summed E-state index contributed by atoms with van der Waals surface area (Å²) in [5.74, 6) is 0.0145. The number of carbonyl (C=O) groups excluding carboxylic acids is 2.